The molecule has 0 aliphatic rings. The predicted molar refractivity (Wildman–Crippen MR) is 138 cm³/mol. The highest BCUT2D eigenvalue weighted by molar-refractivity contribution is 6.24. The molecule has 4 rings (SSSR count). The van der Waals surface area contributed by atoms with Crippen LogP contribution in [0.4, 0.5) is 0 Å². The van der Waals surface area contributed by atoms with Crippen molar-refractivity contribution in [3.8, 4) is 5.75 Å². The highest BCUT2D eigenvalue weighted by atomic mass is 16.6. The van der Waals surface area contributed by atoms with Crippen LogP contribution in [-0.2, 0) is 53.8 Å². The van der Waals surface area contributed by atoms with Gasteiger partial charge in [0.25, 0.3) is 5.41 Å². The third-order valence-corrected chi connectivity index (χ3v) is 5.86. The van der Waals surface area contributed by atoms with Crippen molar-refractivity contribution in [2.75, 3.05) is 0 Å². The van der Waals surface area contributed by atoms with Crippen LogP contribution in [0.2, 0.25) is 0 Å². The summed E-state index contributed by atoms with van der Waals surface area (Å²) in [6.07, 6.45) is 0. The van der Waals surface area contributed by atoms with Crippen LogP contribution in [-0.4, -0.2) is 23.0 Å². The lowest BCUT2D eigenvalue weighted by Gasteiger charge is -2.28. The highest BCUT2D eigenvalue weighted by Crippen LogP contribution is 2.36. The van der Waals surface area contributed by atoms with E-state index in [1.54, 1.807) is 91.0 Å². The van der Waals surface area contributed by atoms with E-state index >= 15 is 0 Å². The van der Waals surface area contributed by atoms with Crippen molar-refractivity contribution in [2.45, 2.75) is 25.2 Å². The molecule has 4 aromatic carbocycles. The molecule has 192 valence electrons. The van der Waals surface area contributed by atoms with Gasteiger partial charge in [0.2, 0.25) is 0 Å². The lowest BCUT2D eigenvalue weighted by molar-refractivity contribution is -0.178. The van der Waals surface area contributed by atoms with Gasteiger partial charge in [-0.2, -0.15) is 0 Å². The predicted octanol–water partition coefficient (Wildman–Crippen LogP) is 4.86. The Bertz CT molecular complexity index is 1230. The summed E-state index contributed by atoms with van der Waals surface area (Å²) in [6, 6.07) is 32.0. The molecule has 0 aliphatic carbocycles. The number of para-hydroxylation sites is 1. The van der Waals surface area contributed by atoms with Crippen LogP contribution in [0.5, 0.6) is 5.75 Å². The number of esters is 3. The lowest BCUT2D eigenvalue weighted by atomic mass is 9.79. The van der Waals surface area contributed by atoms with Crippen molar-refractivity contribution in [1.82, 2.24) is 0 Å². The molecule has 0 aromatic heterocycles. The minimum Gasteiger partial charge on any atom is -0.508 e. The maximum atomic E-state index is 13.8. The van der Waals surface area contributed by atoms with Crippen LogP contribution in [0.1, 0.15) is 22.3 Å². The molecule has 0 atom stereocenters. The fraction of sp³-hybridized carbons (Fsp3) is 0.129. The fourth-order valence-electron chi connectivity index (χ4n) is 3.86. The second-order valence-electron chi connectivity index (χ2n) is 8.45. The van der Waals surface area contributed by atoms with Gasteiger partial charge in [-0.1, -0.05) is 109 Å². The highest BCUT2D eigenvalue weighted by Gasteiger charge is 2.60. The SMILES string of the molecule is O=C(OCc1ccccc1)C(C(=O)OCc1ccccc1)(C(=O)OCc1ccccc1)c1ccccc1O. The van der Waals surface area contributed by atoms with E-state index < -0.39 is 29.1 Å². The summed E-state index contributed by atoms with van der Waals surface area (Å²) in [5, 5.41) is 10.7. The largest absolute Gasteiger partial charge is 0.508 e. The smallest absolute Gasteiger partial charge is 0.340 e. The number of hydrogen-bond donors (Lipinski definition) is 1. The lowest BCUT2D eigenvalue weighted by Crippen LogP contribution is -2.53. The third kappa shape index (κ3) is 5.90. The Morgan fingerprint density at radius 2 is 0.816 bits per heavy atom. The second-order valence-corrected chi connectivity index (χ2v) is 8.45. The molecular formula is C31H26O7. The van der Waals surface area contributed by atoms with E-state index in [1.165, 1.54) is 24.3 Å². The summed E-state index contributed by atoms with van der Waals surface area (Å²) >= 11 is 0. The average Bonchev–Trinajstić information content (AvgIpc) is 2.96. The molecule has 0 unspecified atom stereocenters. The summed E-state index contributed by atoms with van der Waals surface area (Å²) in [5.41, 5.74) is -1.11. The maximum absolute atomic E-state index is 13.8. The van der Waals surface area contributed by atoms with Crippen molar-refractivity contribution in [2.24, 2.45) is 0 Å². The van der Waals surface area contributed by atoms with Gasteiger partial charge in [0.15, 0.2) is 0 Å². The second kappa shape index (κ2) is 12.4. The monoisotopic (exact) mass is 510 g/mol. The Morgan fingerprint density at radius 3 is 1.16 bits per heavy atom. The number of phenolic OH excluding ortho intramolecular Hbond substituents is 1. The summed E-state index contributed by atoms with van der Waals surface area (Å²) in [7, 11) is 0. The van der Waals surface area contributed by atoms with E-state index in [0.29, 0.717) is 16.7 Å². The number of phenols is 1. The molecule has 7 heteroatoms. The first-order valence-corrected chi connectivity index (χ1v) is 11.9. The standard InChI is InChI=1S/C31H26O7/c32-27-19-11-10-18-26(27)31(28(33)36-20-23-12-4-1-5-13-23,29(34)37-21-24-14-6-2-7-15-24)30(35)38-22-25-16-8-3-9-17-25/h1-19,32H,20-22H2. The van der Waals surface area contributed by atoms with Gasteiger partial charge in [0.05, 0.1) is 0 Å². The third-order valence-electron chi connectivity index (χ3n) is 5.86. The summed E-state index contributed by atoms with van der Waals surface area (Å²) in [4.78, 5) is 41.3. The number of rotatable bonds is 10. The van der Waals surface area contributed by atoms with E-state index in [4.69, 9.17) is 14.2 Å². The zero-order chi connectivity index (χ0) is 26.8. The maximum Gasteiger partial charge on any atom is 0.340 e. The van der Waals surface area contributed by atoms with Crippen LogP contribution in [0.25, 0.3) is 0 Å². The van der Waals surface area contributed by atoms with Gasteiger partial charge in [-0.05, 0) is 22.8 Å². The molecule has 0 bridgehead atoms. The number of aromatic hydroxyl groups is 1. The van der Waals surface area contributed by atoms with Crippen LogP contribution in [0, 0.1) is 0 Å². The Balaban J connectivity index is 1.73. The number of carbonyl (C=O) groups excluding carboxylic acids is 3. The number of benzene rings is 4. The Kier molecular flexibility index (Phi) is 8.51. The molecule has 0 saturated heterocycles. The average molecular weight is 511 g/mol. The molecule has 0 amide bonds. The van der Waals surface area contributed by atoms with Crippen molar-refractivity contribution in [3.05, 3.63) is 138 Å². The molecule has 0 saturated carbocycles. The Hall–Kier alpha value is -4.91. The first-order chi connectivity index (χ1) is 18.5. The zero-order valence-corrected chi connectivity index (χ0v) is 20.5. The van der Waals surface area contributed by atoms with Crippen LogP contribution >= 0.6 is 0 Å². The van der Waals surface area contributed by atoms with Crippen LogP contribution < -0.4 is 0 Å². The minimum absolute atomic E-state index is 0.215. The van der Waals surface area contributed by atoms with Gasteiger partial charge in [-0.15, -0.1) is 0 Å². The van der Waals surface area contributed by atoms with E-state index in [0.717, 1.165) is 0 Å². The summed E-state index contributed by atoms with van der Waals surface area (Å²) in [6.45, 7) is -0.646. The molecule has 0 radical (unpaired) electrons. The topological polar surface area (TPSA) is 99.1 Å². The molecule has 7 nitrogen and oxygen atoms in total. The first-order valence-electron chi connectivity index (χ1n) is 11.9. The molecule has 4 aromatic rings. The van der Waals surface area contributed by atoms with Crippen LogP contribution in [0.15, 0.2) is 115 Å². The first kappa shape index (κ1) is 26.2. The van der Waals surface area contributed by atoms with Gasteiger partial charge < -0.3 is 19.3 Å². The van der Waals surface area contributed by atoms with Gasteiger partial charge in [-0.3, -0.25) is 0 Å². The molecular weight excluding hydrogens is 484 g/mol. The molecule has 0 aliphatic heterocycles. The van der Waals surface area contributed by atoms with Gasteiger partial charge >= 0.3 is 17.9 Å². The molecule has 38 heavy (non-hydrogen) atoms. The molecule has 0 spiro atoms. The van der Waals surface area contributed by atoms with E-state index in [-0.39, 0.29) is 25.4 Å². The van der Waals surface area contributed by atoms with Crippen molar-refractivity contribution >= 4 is 17.9 Å². The van der Waals surface area contributed by atoms with E-state index in [2.05, 4.69) is 0 Å². The van der Waals surface area contributed by atoms with Crippen LogP contribution in [0.3, 0.4) is 0 Å². The fourth-order valence-corrected chi connectivity index (χ4v) is 3.86. The van der Waals surface area contributed by atoms with Crippen molar-refractivity contribution in [3.63, 3.8) is 0 Å². The number of carbonyl (C=O) groups is 3. The quantitative estimate of drug-likeness (QED) is 0.185. The van der Waals surface area contributed by atoms with Gasteiger partial charge in [0.1, 0.15) is 25.6 Å². The minimum atomic E-state index is -2.73. The molecule has 0 fully saturated rings. The van der Waals surface area contributed by atoms with Gasteiger partial charge in [0, 0.05) is 5.56 Å². The van der Waals surface area contributed by atoms with E-state index in [1.807, 2.05) is 0 Å². The van der Waals surface area contributed by atoms with Crippen molar-refractivity contribution in [1.29, 1.82) is 0 Å². The Labute approximate surface area is 220 Å². The zero-order valence-electron chi connectivity index (χ0n) is 20.5. The summed E-state index contributed by atoms with van der Waals surface area (Å²) < 4.78 is 16.5. The molecule has 0 heterocycles. The van der Waals surface area contributed by atoms with Crippen molar-refractivity contribution < 1.29 is 33.7 Å². The number of ether oxygens (including phenoxy) is 3. The van der Waals surface area contributed by atoms with E-state index in [9.17, 15) is 19.5 Å². The van der Waals surface area contributed by atoms with Gasteiger partial charge in [-0.25, -0.2) is 14.4 Å². The molecule has 1 N–H and O–H groups in total. The number of hydrogen-bond acceptors (Lipinski definition) is 7. The Morgan fingerprint density at radius 1 is 0.500 bits per heavy atom. The normalized spacial score (nSPS) is 10.8. The summed E-state index contributed by atoms with van der Waals surface area (Å²) in [5.74, 6) is -4.13.